The van der Waals surface area contributed by atoms with Crippen LogP contribution in [0.25, 0.3) is 0 Å². The van der Waals surface area contributed by atoms with Crippen LogP contribution in [-0.4, -0.2) is 22.8 Å². The number of halogens is 1. The van der Waals surface area contributed by atoms with Gasteiger partial charge in [0.25, 0.3) is 0 Å². The van der Waals surface area contributed by atoms with Gasteiger partial charge in [-0.15, -0.1) is 0 Å². The first-order valence-corrected chi connectivity index (χ1v) is 6.72. The van der Waals surface area contributed by atoms with Crippen LogP contribution in [0.2, 0.25) is 0 Å². The van der Waals surface area contributed by atoms with Crippen LogP contribution in [0, 0.1) is 0 Å². The van der Waals surface area contributed by atoms with Gasteiger partial charge in [-0.25, -0.2) is 0 Å². The Balaban J connectivity index is 2.11. The molecule has 5 heteroatoms. The predicted octanol–water partition coefficient (Wildman–Crippen LogP) is 2.81. The Labute approximate surface area is 114 Å². The molecule has 1 aromatic rings. The third-order valence-corrected chi connectivity index (χ3v) is 4.46. The van der Waals surface area contributed by atoms with Crippen LogP contribution in [0.4, 0.5) is 0 Å². The van der Waals surface area contributed by atoms with E-state index < -0.39 is 0 Å². The molecule has 90 valence electrons. The maximum Gasteiger partial charge on any atom is 0.183 e. The minimum atomic E-state index is -0.339. The Morgan fingerprint density at radius 3 is 3.12 bits per heavy atom. The van der Waals surface area contributed by atoms with Crippen LogP contribution in [0.15, 0.2) is 22.7 Å². The lowest BCUT2D eigenvalue weighted by Crippen LogP contribution is -2.63. The zero-order chi connectivity index (χ0) is 12.2. The van der Waals surface area contributed by atoms with Crippen molar-refractivity contribution in [2.24, 2.45) is 0 Å². The van der Waals surface area contributed by atoms with Gasteiger partial charge in [0.1, 0.15) is 5.75 Å². The van der Waals surface area contributed by atoms with Gasteiger partial charge in [-0.05, 0) is 37.3 Å². The molecule has 2 unspecified atom stereocenters. The summed E-state index contributed by atoms with van der Waals surface area (Å²) >= 11 is 8.83. The zero-order valence-corrected chi connectivity index (χ0v) is 12.1. The van der Waals surface area contributed by atoms with Crippen molar-refractivity contribution in [1.82, 2.24) is 10.2 Å². The topological polar surface area (TPSA) is 24.5 Å². The van der Waals surface area contributed by atoms with E-state index in [2.05, 4.69) is 34.2 Å². The van der Waals surface area contributed by atoms with Crippen LogP contribution < -0.4 is 10.1 Å². The summed E-state index contributed by atoms with van der Waals surface area (Å²) in [6, 6.07) is 6.35. The van der Waals surface area contributed by atoms with E-state index in [4.69, 9.17) is 17.0 Å². The molecule has 17 heavy (non-hydrogen) atoms. The monoisotopic (exact) mass is 312 g/mol. The van der Waals surface area contributed by atoms with Gasteiger partial charge in [0, 0.05) is 23.5 Å². The van der Waals surface area contributed by atoms with Crippen LogP contribution in [0.1, 0.15) is 24.9 Å². The van der Waals surface area contributed by atoms with Crippen molar-refractivity contribution < 1.29 is 4.74 Å². The number of nitrogens with zero attached hydrogens (tertiary/aromatic N) is 1. The standard InChI is InChI=1S/C12H13BrN2OS/c1-12-6-9(14-11(17)15(12)2)8-5-7(13)3-4-10(8)16-12/h3-5,9H,6H2,1-2H3,(H,14,17). The molecule has 2 heterocycles. The second-order valence-corrected chi connectivity index (χ2v) is 6.03. The second kappa shape index (κ2) is 3.59. The van der Waals surface area contributed by atoms with E-state index in [1.165, 1.54) is 5.56 Å². The normalized spacial score (nSPS) is 30.4. The Morgan fingerprint density at radius 2 is 2.35 bits per heavy atom. The molecular weight excluding hydrogens is 300 g/mol. The van der Waals surface area contributed by atoms with E-state index in [-0.39, 0.29) is 11.8 Å². The highest BCUT2D eigenvalue weighted by Gasteiger charge is 2.45. The maximum atomic E-state index is 6.11. The van der Waals surface area contributed by atoms with Gasteiger partial charge >= 0.3 is 0 Å². The van der Waals surface area contributed by atoms with Gasteiger partial charge in [-0.3, -0.25) is 0 Å². The van der Waals surface area contributed by atoms with Crippen LogP contribution in [-0.2, 0) is 0 Å². The molecule has 0 spiro atoms. The number of hydrogen-bond acceptors (Lipinski definition) is 2. The molecule has 1 fully saturated rings. The predicted molar refractivity (Wildman–Crippen MR) is 74.0 cm³/mol. The lowest BCUT2D eigenvalue weighted by Gasteiger charge is -2.50. The van der Waals surface area contributed by atoms with E-state index >= 15 is 0 Å². The number of thiocarbonyl (C=S) groups is 1. The van der Waals surface area contributed by atoms with E-state index in [9.17, 15) is 0 Å². The van der Waals surface area contributed by atoms with Gasteiger partial charge in [-0.2, -0.15) is 0 Å². The fourth-order valence-electron chi connectivity index (χ4n) is 2.45. The van der Waals surface area contributed by atoms with Gasteiger partial charge in [0.2, 0.25) is 0 Å². The Morgan fingerprint density at radius 1 is 1.59 bits per heavy atom. The zero-order valence-electron chi connectivity index (χ0n) is 9.66. The summed E-state index contributed by atoms with van der Waals surface area (Å²) in [6.07, 6.45) is 0.896. The van der Waals surface area contributed by atoms with Crippen molar-refractivity contribution in [2.45, 2.75) is 25.1 Å². The molecule has 0 aromatic heterocycles. The van der Waals surface area contributed by atoms with Crippen LogP contribution >= 0.6 is 28.1 Å². The molecule has 0 amide bonds. The molecular formula is C12H13BrN2OS. The molecule has 2 aliphatic rings. The number of nitrogens with one attached hydrogen (secondary N) is 1. The van der Waals surface area contributed by atoms with E-state index in [0.717, 1.165) is 21.8 Å². The fraction of sp³-hybridized carbons (Fsp3) is 0.417. The van der Waals surface area contributed by atoms with Gasteiger partial charge in [0.15, 0.2) is 10.8 Å². The molecule has 0 saturated carbocycles. The second-order valence-electron chi connectivity index (χ2n) is 4.72. The third kappa shape index (κ3) is 1.64. The maximum absolute atomic E-state index is 6.11. The van der Waals surface area contributed by atoms with Crippen molar-refractivity contribution in [3.8, 4) is 5.75 Å². The van der Waals surface area contributed by atoms with Crippen LogP contribution in [0.3, 0.4) is 0 Å². The molecule has 2 atom stereocenters. The molecule has 1 N–H and O–H groups in total. The highest BCUT2D eigenvalue weighted by Crippen LogP contribution is 2.44. The van der Waals surface area contributed by atoms with Gasteiger partial charge in [0.05, 0.1) is 6.04 Å². The molecule has 3 nitrogen and oxygen atoms in total. The number of hydrogen-bond donors (Lipinski definition) is 1. The summed E-state index contributed by atoms with van der Waals surface area (Å²) in [5.41, 5.74) is 0.834. The first kappa shape index (κ1) is 11.3. The number of ether oxygens (including phenoxy) is 1. The molecule has 0 aliphatic carbocycles. The van der Waals surface area contributed by atoms with Crippen molar-refractivity contribution >= 4 is 33.3 Å². The number of rotatable bonds is 0. The Hall–Kier alpha value is -0.810. The van der Waals surface area contributed by atoms with E-state index in [1.54, 1.807) is 0 Å². The smallest absolute Gasteiger partial charge is 0.183 e. The highest BCUT2D eigenvalue weighted by atomic mass is 79.9. The van der Waals surface area contributed by atoms with Crippen molar-refractivity contribution in [2.75, 3.05) is 7.05 Å². The minimum absolute atomic E-state index is 0.241. The Bertz CT molecular complexity index is 507. The van der Waals surface area contributed by atoms with Crippen molar-refractivity contribution in [3.63, 3.8) is 0 Å². The highest BCUT2D eigenvalue weighted by molar-refractivity contribution is 9.10. The molecule has 2 aliphatic heterocycles. The quantitative estimate of drug-likeness (QED) is 0.745. The SMILES string of the molecule is CN1C(=S)NC2CC1(C)Oc1ccc(Br)cc12. The largest absolute Gasteiger partial charge is 0.468 e. The van der Waals surface area contributed by atoms with Gasteiger partial charge in [-0.1, -0.05) is 15.9 Å². The van der Waals surface area contributed by atoms with Crippen molar-refractivity contribution in [1.29, 1.82) is 0 Å². The lowest BCUT2D eigenvalue weighted by atomic mass is 9.91. The molecule has 2 bridgehead atoms. The average Bonchev–Trinajstić information content (AvgIpc) is 2.27. The van der Waals surface area contributed by atoms with Crippen molar-refractivity contribution in [3.05, 3.63) is 28.2 Å². The molecule has 1 aromatic carbocycles. The lowest BCUT2D eigenvalue weighted by molar-refractivity contribution is -0.0562. The summed E-state index contributed by atoms with van der Waals surface area (Å²) in [5, 5.41) is 4.11. The average molecular weight is 313 g/mol. The minimum Gasteiger partial charge on any atom is -0.468 e. The summed E-state index contributed by atoms with van der Waals surface area (Å²) in [7, 11) is 1.97. The first-order chi connectivity index (χ1) is 7.99. The molecule has 1 saturated heterocycles. The van der Waals surface area contributed by atoms with E-state index in [1.807, 2.05) is 24.1 Å². The van der Waals surface area contributed by atoms with Gasteiger partial charge < -0.3 is 15.0 Å². The number of fused-ring (bicyclic) bond motifs is 4. The fourth-order valence-corrected chi connectivity index (χ4v) is 3.16. The summed E-state index contributed by atoms with van der Waals surface area (Å²) in [6.45, 7) is 2.08. The van der Waals surface area contributed by atoms with E-state index in [0.29, 0.717) is 0 Å². The molecule has 0 radical (unpaired) electrons. The summed E-state index contributed by atoms with van der Waals surface area (Å²) in [4.78, 5) is 1.99. The third-order valence-electron chi connectivity index (χ3n) is 3.57. The summed E-state index contributed by atoms with van der Waals surface area (Å²) < 4.78 is 7.17. The summed E-state index contributed by atoms with van der Waals surface area (Å²) in [5.74, 6) is 0.939. The molecule has 3 rings (SSSR count). The Kier molecular flexibility index (Phi) is 2.38. The number of benzene rings is 1. The first-order valence-electron chi connectivity index (χ1n) is 5.52. The van der Waals surface area contributed by atoms with Crippen LogP contribution in [0.5, 0.6) is 5.75 Å².